The molecule has 0 radical (unpaired) electrons. The molecule has 1 N–H and O–H groups in total. The second kappa shape index (κ2) is 12.6. The molecule has 0 saturated heterocycles. The number of hydrogen-bond acceptors (Lipinski definition) is 7. The number of nitro benzene ring substituents is 2. The first-order chi connectivity index (χ1) is 20.8. The van der Waals surface area contributed by atoms with Gasteiger partial charge in [0.15, 0.2) is 11.5 Å². The number of carboxylic acid groups (broad SMARTS) is 1. The number of aromatic carboxylic acids is 1. The van der Waals surface area contributed by atoms with Crippen molar-refractivity contribution in [1.29, 1.82) is 0 Å². The summed E-state index contributed by atoms with van der Waals surface area (Å²) in [4.78, 5) is 34.4. The van der Waals surface area contributed by atoms with E-state index in [1.807, 2.05) is 60.7 Å². The molecule has 0 unspecified atom stereocenters. The summed E-state index contributed by atoms with van der Waals surface area (Å²) in [5.74, 6) is -1.13. The number of nitro groups is 2. The normalized spacial score (nSPS) is 10.6. The van der Waals surface area contributed by atoms with Gasteiger partial charge < -0.3 is 14.6 Å². The molecule has 0 aliphatic heterocycles. The lowest BCUT2D eigenvalue weighted by Crippen LogP contribution is -2.01. The molecule has 10 nitrogen and oxygen atoms in total. The molecule has 10 heteroatoms. The second-order valence-electron chi connectivity index (χ2n) is 9.53. The predicted molar refractivity (Wildman–Crippen MR) is 159 cm³/mol. The van der Waals surface area contributed by atoms with Gasteiger partial charge in [0.05, 0.1) is 15.4 Å². The van der Waals surface area contributed by atoms with Crippen LogP contribution in [-0.2, 0) is 13.2 Å². The van der Waals surface area contributed by atoms with Crippen LogP contribution in [0.1, 0.15) is 21.5 Å². The minimum absolute atomic E-state index is 0.0283. The Kier molecular flexibility index (Phi) is 8.38. The summed E-state index contributed by atoms with van der Waals surface area (Å²) in [6.07, 6.45) is 0. The fraction of sp³-hybridized carbons (Fsp3) is 0.0606. The van der Waals surface area contributed by atoms with Crippen molar-refractivity contribution in [3.63, 3.8) is 0 Å². The van der Waals surface area contributed by atoms with Crippen LogP contribution in [0, 0.1) is 20.2 Å². The maximum Gasteiger partial charge on any atom is 0.335 e. The molecule has 0 bridgehead atoms. The Morgan fingerprint density at radius 2 is 1.00 bits per heavy atom. The Morgan fingerprint density at radius 1 is 0.581 bits per heavy atom. The smallest absolute Gasteiger partial charge is 0.335 e. The van der Waals surface area contributed by atoms with Gasteiger partial charge in [-0.3, -0.25) is 20.2 Å². The van der Waals surface area contributed by atoms with E-state index in [1.165, 1.54) is 48.5 Å². The molecule has 0 atom stereocenters. The van der Waals surface area contributed by atoms with Crippen LogP contribution < -0.4 is 9.47 Å². The van der Waals surface area contributed by atoms with Crippen molar-refractivity contribution in [2.24, 2.45) is 0 Å². The summed E-state index contributed by atoms with van der Waals surface area (Å²) in [6.45, 7) is 0.195. The molecule has 0 fully saturated rings. The number of carboxylic acids is 1. The van der Waals surface area contributed by atoms with Gasteiger partial charge >= 0.3 is 17.3 Å². The summed E-state index contributed by atoms with van der Waals surface area (Å²) in [7, 11) is 0. The van der Waals surface area contributed by atoms with E-state index in [4.69, 9.17) is 9.47 Å². The fourth-order valence-corrected chi connectivity index (χ4v) is 4.48. The lowest BCUT2D eigenvalue weighted by atomic mass is 9.95. The van der Waals surface area contributed by atoms with Crippen LogP contribution in [0.3, 0.4) is 0 Å². The van der Waals surface area contributed by atoms with Gasteiger partial charge in [0.2, 0.25) is 0 Å². The second-order valence-corrected chi connectivity index (χ2v) is 9.53. The van der Waals surface area contributed by atoms with Crippen LogP contribution in [0.2, 0.25) is 0 Å². The van der Waals surface area contributed by atoms with Crippen LogP contribution in [-0.4, -0.2) is 20.9 Å². The molecule has 5 rings (SSSR count). The summed E-state index contributed by atoms with van der Waals surface area (Å²) in [5, 5.41) is 33.3. The van der Waals surface area contributed by atoms with E-state index < -0.39 is 15.8 Å². The van der Waals surface area contributed by atoms with Crippen molar-refractivity contribution in [1.82, 2.24) is 0 Å². The predicted octanol–water partition coefficient (Wildman–Crippen LogP) is 7.69. The van der Waals surface area contributed by atoms with Gasteiger partial charge in [0.1, 0.15) is 13.2 Å². The molecule has 214 valence electrons. The highest BCUT2D eigenvalue weighted by Gasteiger charge is 2.20. The summed E-state index contributed by atoms with van der Waals surface area (Å²) in [5.41, 5.74) is 3.03. The van der Waals surface area contributed by atoms with Gasteiger partial charge in [-0.1, -0.05) is 60.7 Å². The first-order valence-electron chi connectivity index (χ1n) is 13.1. The van der Waals surface area contributed by atoms with Crippen LogP contribution >= 0.6 is 0 Å². The minimum atomic E-state index is -1.19. The van der Waals surface area contributed by atoms with Crippen molar-refractivity contribution in [3.8, 4) is 33.8 Å². The van der Waals surface area contributed by atoms with Gasteiger partial charge in [-0.2, -0.15) is 0 Å². The fourth-order valence-electron chi connectivity index (χ4n) is 4.48. The zero-order chi connectivity index (χ0) is 30.3. The Hall–Kier alpha value is -6.03. The molecule has 0 heterocycles. The van der Waals surface area contributed by atoms with Crippen LogP contribution in [0.5, 0.6) is 11.5 Å². The molecule has 0 aliphatic carbocycles. The standard InChI is InChI=1S/C33H24N2O8/c36-33(37)28-16-26(24-11-13-29(34(38)39)31(18-24)42-20-22-7-3-1-4-8-22)15-27(17-28)25-12-14-30(35(40)41)32(19-25)43-21-23-9-5-2-6-10-23/h1-19H,20-21H2,(H,36,37). The topological polar surface area (TPSA) is 142 Å². The third kappa shape index (κ3) is 6.83. The van der Waals surface area contributed by atoms with Gasteiger partial charge in [-0.25, -0.2) is 4.79 Å². The molecule has 0 aromatic heterocycles. The number of hydrogen-bond donors (Lipinski definition) is 1. The van der Waals surface area contributed by atoms with Gasteiger partial charge in [0.25, 0.3) is 0 Å². The third-order valence-corrected chi connectivity index (χ3v) is 6.63. The highest BCUT2D eigenvalue weighted by molar-refractivity contribution is 5.92. The molecule has 0 saturated carbocycles. The number of benzene rings is 5. The molecule has 5 aromatic carbocycles. The molecular formula is C33H24N2O8. The quantitative estimate of drug-likeness (QED) is 0.125. The van der Waals surface area contributed by atoms with Crippen molar-refractivity contribution in [2.45, 2.75) is 13.2 Å². The van der Waals surface area contributed by atoms with Crippen LogP contribution in [0.25, 0.3) is 22.3 Å². The van der Waals surface area contributed by atoms with E-state index in [-0.39, 0.29) is 41.7 Å². The van der Waals surface area contributed by atoms with Crippen molar-refractivity contribution < 1.29 is 29.2 Å². The van der Waals surface area contributed by atoms with E-state index in [1.54, 1.807) is 6.07 Å². The Balaban J connectivity index is 1.53. The van der Waals surface area contributed by atoms with Crippen molar-refractivity contribution in [2.75, 3.05) is 0 Å². The summed E-state index contributed by atoms with van der Waals surface area (Å²) in [6, 6.07) is 31.6. The zero-order valence-electron chi connectivity index (χ0n) is 22.6. The minimum Gasteiger partial charge on any atom is -0.482 e. The van der Waals surface area contributed by atoms with Crippen molar-refractivity contribution in [3.05, 3.63) is 152 Å². The van der Waals surface area contributed by atoms with E-state index in [2.05, 4.69) is 0 Å². The maximum absolute atomic E-state index is 12.1. The van der Waals surface area contributed by atoms with Crippen LogP contribution in [0.4, 0.5) is 11.4 Å². The number of ether oxygens (including phenoxy) is 2. The Labute approximate surface area is 245 Å². The Morgan fingerprint density at radius 3 is 1.37 bits per heavy atom. The van der Waals surface area contributed by atoms with Gasteiger partial charge in [0, 0.05) is 12.1 Å². The first-order valence-corrected chi connectivity index (χ1v) is 13.1. The lowest BCUT2D eigenvalue weighted by Gasteiger charge is -2.13. The highest BCUT2D eigenvalue weighted by Crippen LogP contribution is 2.37. The van der Waals surface area contributed by atoms with E-state index in [0.717, 1.165) is 11.1 Å². The Bertz CT molecular complexity index is 1680. The molecule has 0 aliphatic rings. The highest BCUT2D eigenvalue weighted by atomic mass is 16.6. The third-order valence-electron chi connectivity index (χ3n) is 6.63. The average molecular weight is 577 g/mol. The largest absolute Gasteiger partial charge is 0.482 e. The van der Waals surface area contributed by atoms with E-state index >= 15 is 0 Å². The molecule has 5 aromatic rings. The number of nitrogens with zero attached hydrogens (tertiary/aromatic N) is 2. The van der Waals surface area contributed by atoms with E-state index in [0.29, 0.717) is 22.3 Å². The first kappa shape index (κ1) is 28.5. The lowest BCUT2D eigenvalue weighted by molar-refractivity contribution is -0.386. The molecule has 43 heavy (non-hydrogen) atoms. The summed E-state index contributed by atoms with van der Waals surface area (Å²) >= 11 is 0. The van der Waals surface area contributed by atoms with E-state index in [9.17, 15) is 30.1 Å². The van der Waals surface area contributed by atoms with Gasteiger partial charge in [-0.05, 0) is 75.8 Å². The van der Waals surface area contributed by atoms with Crippen molar-refractivity contribution >= 4 is 17.3 Å². The molecule has 0 amide bonds. The molecular weight excluding hydrogens is 552 g/mol. The monoisotopic (exact) mass is 576 g/mol. The maximum atomic E-state index is 12.1. The number of carbonyl (C=O) groups is 1. The zero-order valence-corrected chi connectivity index (χ0v) is 22.6. The van der Waals surface area contributed by atoms with Gasteiger partial charge in [-0.15, -0.1) is 0 Å². The SMILES string of the molecule is O=C(O)c1cc(-c2ccc([N+](=O)[O-])c(OCc3ccccc3)c2)cc(-c2ccc([N+](=O)[O-])c(OCc3ccccc3)c2)c1. The molecule has 0 spiro atoms. The summed E-state index contributed by atoms with van der Waals surface area (Å²) < 4.78 is 11.6. The number of rotatable bonds is 11. The van der Waals surface area contributed by atoms with Crippen LogP contribution in [0.15, 0.2) is 115 Å². The average Bonchev–Trinajstić information content (AvgIpc) is 3.03.